The summed E-state index contributed by atoms with van der Waals surface area (Å²) in [5.41, 5.74) is 8.71. The Hall–Kier alpha value is -4.90. The molecule has 2 aromatic carbocycles. The van der Waals surface area contributed by atoms with Gasteiger partial charge in [0.05, 0.1) is 25.6 Å². The minimum absolute atomic E-state index is 0.186. The Balaban J connectivity index is 1.38. The molecule has 0 saturated heterocycles. The van der Waals surface area contributed by atoms with Crippen molar-refractivity contribution in [1.82, 2.24) is 20.8 Å². The molecule has 0 fully saturated rings. The highest BCUT2D eigenvalue weighted by Crippen LogP contribution is 2.43. The first-order valence-electron chi connectivity index (χ1n) is 13.3. The van der Waals surface area contributed by atoms with Gasteiger partial charge >= 0.3 is 0 Å². The van der Waals surface area contributed by atoms with Gasteiger partial charge in [0.1, 0.15) is 9.75 Å². The molecule has 2 amide bonds. The molecule has 5 rings (SSSR count). The zero-order valence-electron chi connectivity index (χ0n) is 22.7. The van der Waals surface area contributed by atoms with Crippen molar-refractivity contribution in [2.75, 3.05) is 13.2 Å². The average Bonchev–Trinajstić information content (AvgIpc) is 3.70. The Morgan fingerprint density at radius 3 is 1.63 bits per heavy atom. The number of nitrogens with zero attached hydrogens (tertiary/aromatic N) is 2. The lowest BCUT2D eigenvalue weighted by molar-refractivity contribution is 0.0945. The number of carbonyl (C=O) groups is 2. The number of nitrogens with one attached hydrogen (secondary N) is 4. The normalized spacial score (nSPS) is 11.6. The number of para-hydroxylation sites is 2. The second-order valence-electron chi connectivity index (χ2n) is 9.09. The first-order valence-corrected chi connectivity index (χ1v) is 14.1. The zero-order chi connectivity index (χ0) is 28.6. The van der Waals surface area contributed by atoms with E-state index in [0.29, 0.717) is 26.1 Å². The summed E-state index contributed by atoms with van der Waals surface area (Å²) in [5, 5.41) is 10.3. The van der Waals surface area contributed by atoms with Gasteiger partial charge in [-0.15, -0.1) is 11.3 Å². The third kappa shape index (κ3) is 6.15. The van der Waals surface area contributed by atoms with E-state index in [1.165, 1.54) is 0 Å². The fourth-order valence-corrected chi connectivity index (χ4v) is 5.16. The number of ether oxygens (including phenoxy) is 2. The molecule has 4 N–H and O–H groups in total. The SMILES string of the molecule is CCCOc1c(C(=O)N/N=C/c2c[nH]c3ccccc23)sc(C(=O)N/N=C/c2c[nH]c3ccccc23)c1OCCC. The van der Waals surface area contributed by atoms with Gasteiger partial charge in [0, 0.05) is 45.3 Å². The van der Waals surface area contributed by atoms with Crippen LogP contribution in [0.5, 0.6) is 11.5 Å². The molecule has 11 heteroatoms. The molecule has 210 valence electrons. The Labute approximate surface area is 240 Å². The number of amides is 2. The fourth-order valence-electron chi connectivity index (χ4n) is 4.19. The van der Waals surface area contributed by atoms with Gasteiger partial charge in [0.2, 0.25) is 0 Å². The summed E-state index contributed by atoms with van der Waals surface area (Å²) < 4.78 is 11.9. The molecule has 10 nitrogen and oxygen atoms in total. The van der Waals surface area contributed by atoms with E-state index in [1.807, 2.05) is 74.8 Å². The Bertz CT molecular complexity index is 1610. The molecule has 3 aromatic heterocycles. The molecule has 41 heavy (non-hydrogen) atoms. The summed E-state index contributed by atoms with van der Waals surface area (Å²) >= 11 is 0.970. The van der Waals surface area contributed by atoms with Crippen LogP contribution in [0.3, 0.4) is 0 Å². The van der Waals surface area contributed by atoms with E-state index in [2.05, 4.69) is 31.0 Å². The number of rotatable bonds is 12. The van der Waals surface area contributed by atoms with Crippen molar-refractivity contribution in [3.05, 3.63) is 81.8 Å². The molecule has 0 bridgehead atoms. The number of aromatic amines is 2. The van der Waals surface area contributed by atoms with Crippen LogP contribution < -0.4 is 20.3 Å². The maximum absolute atomic E-state index is 13.3. The van der Waals surface area contributed by atoms with E-state index in [0.717, 1.165) is 44.3 Å². The second kappa shape index (κ2) is 13.0. The van der Waals surface area contributed by atoms with Gasteiger partial charge in [0.25, 0.3) is 11.8 Å². The number of hydrogen-bond acceptors (Lipinski definition) is 7. The van der Waals surface area contributed by atoms with Gasteiger partial charge in [-0.1, -0.05) is 50.2 Å². The summed E-state index contributed by atoms with van der Waals surface area (Å²) in [6, 6.07) is 15.6. The van der Waals surface area contributed by atoms with Crippen LogP contribution in [0.25, 0.3) is 21.8 Å². The van der Waals surface area contributed by atoms with E-state index in [1.54, 1.807) is 12.4 Å². The summed E-state index contributed by atoms with van der Waals surface area (Å²) in [6.07, 6.45) is 8.18. The lowest BCUT2D eigenvalue weighted by Gasteiger charge is -2.10. The molecule has 3 heterocycles. The third-order valence-corrected chi connectivity index (χ3v) is 7.27. The Kier molecular flexibility index (Phi) is 8.75. The maximum Gasteiger partial charge on any atom is 0.285 e. The predicted octanol–water partition coefficient (Wildman–Crippen LogP) is 5.82. The van der Waals surface area contributed by atoms with E-state index < -0.39 is 11.8 Å². The summed E-state index contributed by atoms with van der Waals surface area (Å²) in [7, 11) is 0. The zero-order valence-corrected chi connectivity index (χ0v) is 23.5. The average molecular weight is 571 g/mol. The smallest absolute Gasteiger partial charge is 0.285 e. The van der Waals surface area contributed by atoms with E-state index in [9.17, 15) is 9.59 Å². The monoisotopic (exact) mass is 570 g/mol. The van der Waals surface area contributed by atoms with E-state index >= 15 is 0 Å². The summed E-state index contributed by atoms with van der Waals surface area (Å²) in [6.45, 7) is 4.60. The van der Waals surface area contributed by atoms with Crippen molar-refractivity contribution >= 4 is 57.4 Å². The number of hydrazone groups is 2. The van der Waals surface area contributed by atoms with Crippen LogP contribution >= 0.6 is 11.3 Å². The molecule has 0 aliphatic heterocycles. The van der Waals surface area contributed by atoms with Gasteiger partial charge in [-0.3, -0.25) is 9.59 Å². The van der Waals surface area contributed by atoms with Gasteiger partial charge in [0.15, 0.2) is 11.5 Å². The van der Waals surface area contributed by atoms with Gasteiger partial charge in [-0.2, -0.15) is 10.2 Å². The first kappa shape index (κ1) is 27.7. The number of H-pyrrole nitrogens is 2. The quantitative estimate of drug-likeness (QED) is 0.111. The number of aromatic nitrogens is 2. The number of benzene rings is 2. The Morgan fingerprint density at radius 1 is 0.756 bits per heavy atom. The van der Waals surface area contributed by atoms with Crippen molar-refractivity contribution in [2.24, 2.45) is 10.2 Å². The minimum atomic E-state index is -0.514. The van der Waals surface area contributed by atoms with Crippen LogP contribution in [0, 0.1) is 0 Å². The molecule has 0 atom stereocenters. The van der Waals surface area contributed by atoms with Crippen molar-refractivity contribution in [3.63, 3.8) is 0 Å². The standard InChI is InChI=1S/C30H30N6O4S/c1-3-13-39-25-26(40-14-4-2)28(30(38)36-34-18-20-16-32-24-12-8-6-10-22(20)24)41-27(25)29(37)35-33-17-19-15-31-23-11-7-5-9-21(19)23/h5-12,15-18,31-32H,3-4,13-14H2,1-2H3,(H,35,37)(H,36,38)/b33-17+,34-18+. The molecule has 5 aromatic rings. The largest absolute Gasteiger partial charge is 0.488 e. The van der Waals surface area contributed by atoms with Crippen molar-refractivity contribution < 1.29 is 19.1 Å². The summed E-state index contributed by atoms with van der Waals surface area (Å²) in [4.78, 5) is 33.2. The van der Waals surface area contributed by atoms with E-state index in [-0.39, 0.29) is 21.3 Å². The van der Waals surface area contributed by atoms with E-state index in [4.69, 9.17) is 9.47 Å². The van der Waals surface area contributed by atoms with Gasteiger partial charge in [-0.05, 0) is 25.0 Å². The van der Waals surface area contributed by atoms with Crippen molar-refractivity contribution in [1.29, 1.82) is 0 Å². The highest BCUT2D eigenvalue weighted by Gasteiger charge is 2.29. The lowest BCUT2D eigenvalue weighted by atomic mass is 10.2. The maximum atomic E-state index is 13.3. The molecular weight excluding hydrogens is 540 g/mol. The minimum Gasteiger partial charge on any atom is -0.488 e. The predicted molar refractivity (Wildman–Crippen MR) is 163 cm³/mol. The molecule has 0 radical (unpaired) electrons. The highest BCUT2D eigenvalue weighted by atomic mass is 32.1. The fraction of sp³-hybridized carbons (Fsp3) is 0.200. The van der Waals surface area contributed by atoms with Crippen molar-refractivity contribution in [3.8, 4) is 11.5 Å². The van der Waals surface area contributed by atoms with Crippen LogP contribution in [0.4, 0.5) is 0 Å². The number of fused-ring (bicyclic) bond motifs is 2. The molecular formula is C30H30N6O4S. The molecule has 0 unspecified atom stereocenters. The Morgan fingerprint density at radius 2 is 1.20 bits per heavy atom. The van der Waals surface area contributed by atoms with Crippen molar-refractivity contribution in [2.45, 2.75) is 26.7 Å². The number of thiophene rings is 1. The second-order valence-corrected chi connectivity index (χ2v) is 10.1. The van der Waals surface area contributed by atoms with Crippen LogP contribution in [0.2, 0.25) is 0 Å². The van der Waals surface area contributed by atoms with Crippen LogP contribution in [0.15, 0.2) is 71.1 Å². The van der Waals surface area contributed by atoms with Crippen LogP contribution in [-0.2, 0) is 0 Å². The van der Waals surface area contributed by atoms with Gasteiger partial charge in [-0.25, -0.2) is 10.9 Å². The summed E-state index contributed by atoms with van der Waals surface area (Å²) in [5.74, 6) is -0.591. The molecule has 0 saturated carbocycles. The molecule has 0 aliphatic rings. The molecule has 0 aliphatic carbocycles. The number of carbonyl (C=O) groups excluding carboxylic acids is 2. The first-order chi connectivity index (χ1) is 20.1. The highest BCUT2D eigenvalue weighted by molar-refractivity contribution is 7.16. The lowest BCUT2D eigenvalue weighted by Crippen LogP contribution is -2.17. The molecule has 0 spiro atoms. The number of hydrogen-bond donors (Lipinski definition) is 4. The van der Waals surface area contributed by atoms with Gasteiger partial charge < -0.3 is 19.4 Å². The third-order valence-electron chi connectivity index (χ3n) is 6.12. The topological polar surface area (TPSA) is 133 Å². The van der Waals surface area contributed by atoms with Crippen LogP contribution in [0.1, 0.15) is 57.2 Å². The van der Waals surface area contributed by atoms with Crippen LogP contribution in [-0.4, -0.2) is 47.4 Å².